The maximum Gasteiger partial charge on any atom is 0.407 e. The molecule has 5 nitrogen and oxygen atoms in total. The van der Waals surface area contributed by atoms with Gasteiger partial charge in [0.25, 0.3) is 0 Å². The quantitative estimate of drug-likeness (QED) is 0.534. The summed E-state index contributed by atoms with van der Waals surface area (Å²) in [6, 6.07) is 3.68. The normalized spacial score (nSPS) is 15.5. The molecule has 0 aliphatic heterocycles. The van der Waals surface area contributed by atoms with E-state index in [0.717, 1.165) is 5.03 Å². The molecule has 1 saturated carbocycles. The molecule has 6 heteroatoms. The molecule has 1 fully saturated rings. The summed E-state index contributed by atoms with van der Waals surface area (Å²) in [5.41, 5.74) is 0.196. The van der Waals surface area contributed by atoms with Crippen LogP contribution in [0.4, 0.5) is 4.79 Å². The molecule has 0 aromatic carbocycles. The summed E-state index contributed by atoms with van der Waals surface area (Å²) in [7, 11) is 0. The van der Waals surface area contributed by atoms with Crippen LogP contribution in [0.3, 0.4) is 0 Å². The number of ether oxygens (including phenoxy) is 1. The number of thioether (sulfide) groups is 1. The Morgan fingerprint density at radius 2 is 2.00 bits per heavy atom. The summed E-state index contributed by atoms with van der Waals surface area (Å²) >= 11 is 1.75. The minimum atomic E-state index is -0.513. The third kappa shape index (κ3) is 7.36. The molecule has 0 spiro atoms. The van der Waals surface area contributed by atoms with Gasteiger partial charge in [0.2, 0.25) is 0 Å². The third-order valence-electron chi connectivity index (χ3n) is 4.15. The largest absolute Gasteiger partial charge is 0.444 e. The van der Waals surface area contributed by atoms with Crippen molar-refractivity contribution in [2.75, 3.05) is 6.54 Å². The number of pyridine rings is 1. The predicted octanol–water partition coefficient (Wildman–Crippen LogP) is 4.99. The molecular weight excluding hydrogens is 348 g/mol. The van der Waals surface area contributed by atoms with Gasteiger partial charge in [-0.25, -0.2) is 9.78 Å². The summed E-state index contributed by atoms with van der Waals surface area (Å²) in [5, 5.41) is 4.11. The second-order valence-electron chi connectivity index (χ2n) is 7.69. The van der Waals surface area contributed by atoms with Crippen LogP contribution >= 0.6 is 11.8 Å². The van der Waals surface area contributed by atoms with Gasteiger partial charge in [-0.3, -0.25) is 4.79 Å². The van der Waals surface area contributed by atoms with Gasteiger partial charge in [0, 0.05) is 30.0 Å². The fourth-order valence-corrected chi connectivity index (χ4v) is 4.24. The van der Waals surface area contributed by atoms with Gasteiger partial charge in [-0.1, -0.05) is 19.3 Å². The second kappa shape index (κ2) is 9.95. The number of Topliss-reactive ketones (excluding diaryl/α,β-unsaturated/α-hetero) is 1. The number of amides is 1. The van der Waals surface area contributed by atoms with Crippen LogP contribution in [-0.2, 0) is 4.74 Å². The van der Waals surface area contributed by atoms with E-state index in [0.29, 0.717) is 30.2 Å². The van der Waals surface area contributed by atoms with Crippen molar-refractivity contribution in [2.24, 2.45) is 0 Å². The van der Waals surface area contributed by atoms with Gasteiger partial charge in [0.05, 0.1) is 0 Å². The van der Waals surface area contributed by atoms with Crippen LogP contribution in [0.2, 0.25) is 0 Å². The van der Waals surface area contributed by atoms with Crippen molar-refractivity contribution in [3.63, 3.8) is 0 Å². The van der Waals surface area contributed by atoms with E-state index in [2.05, 4.69) is 10.3 Å². The van der Waals surface area contributed by atoms with Gasteiger partial charge in [-0.05, 0) is 52.2 Å². The average molecular weight is 379 g/mol. The van der Waals surface area contributed by atoms with E-state index in [1.807, 2.05) is 32.9 Å². The zero-order valence-electron chi connectivity index (χ0n) is 16.0. The third-order valence-corrected chi connectivity index (χ3v) is 5.50. The molecule has 26 heavy (non-hydrogen) atoms. The van der Waals surface area contributed by atoms with Crippen LogP contribution in [0.5, 0.6) is 0 Å². The van der Waals surface area contributed by atoms with E-state index < -0.39 is 11.7 Å². The monoisotopic (exact) mass is 378 g/mol. The van der Waals surface area contributed by atoms with Crippen molar-refractivity contribution in [3.8, 4) is 0 Å². The van der Waals surface area contributed by atoms with Crippen LogP contribution in [0, 0.1) is 0 Å². The number of nitrogens with zero attached hydrogens (tertiary/aromatic N) is 1. The zero-order chi connectivity index (χ0) is 19.0. The summed E-state index contributed by atoms with van der Waals surface area (Å²) < 4.78 is 5.18. The molecule has 0 atom stereocenters. The molecule has 0 bridgehead atoms. The first-order valence-electron chi connectivity index (χ1n) is 9.47. The van der Waals surface area contributed by atoms with E-state index >= 15 is 0 Å². The molecule has 0 saturated heterocycles. The Morgan fingerprint density at radius 1 is 1.27 bits per heavy atom. The number of carbonyl (C=O) groups excluding carboxylic acids is 2. The lowest BCUT2D eigenvalue weighted by Crippen LogP contribution is -2.33. The number of aromatic nitrogens is 1. The van der Waals surface area contributed by atoms with Crippen molar-refractivity contribution in [1.29, 1.82) is 0 Å². The van der Waals surface area contributed by atoms with E-state index in [9.17, 15) is 9.59 Å². The minimum absolute atomic E-state index is 0.0856. The lowest BCUT2D eigenvalue weighted by Gasteiger charge is -2.21. The molecule has 0 unspecified atom stereocenters. The number of alkyl carbamates (subject to hydrolysis) is 1. The number of hydrogen-bond acceptors (Lipinski definition) is 5. The van der Waals surface area contributed by atoms with Gasteiger partial charge in [0.1, 0.15) is 10.6 Å². The van der Waals surface area contributed by atoms with Gasteiger partial charge in [-0.15, -0.1) is 11.8 Å². The Morgan fingerprint density at radius 3 is 2.69 bits per heavy atom. The van der Waals surface area contributed by atoms with Crippen molar-refractivity contribution < 1.29 is 14.3 Å². The predicted molar refractivity (Wildman–Crippen MR) is 105 cm³/mol. The fourth-order valence-electron chi connectivity index (χ4n) is 2.93. The van der Waals surface area contributed by atoms with Gasteiger partial charge >= 0.3 is 6.09 Å². The Bertz CT molecular complexity index is 607. The minimum Gasteiger partial charge on any atom is -0.444 e. The summed E-state index contributed by atoms with van der Waals surface area (Å²) in [6.07, 6.45) is 8.54. The topological polar surface area (TPSA) is 68.3 Å². The Balaban J connectivity index is 1.81. The standard InChI is InChI=1S/C20H30N2O3S/c1-20(2,3)25-19(24)22-14-8-12-17(23)16-11-7-13-21-18(16)26-15-9-5-4-6-10-15/h7,11,13,15H,4-6,8-10,12,14H2,1-3H3,(H,22,24). The van der Waals surface area contributed by atoms with E-state index in [1.54, 1.807) is 18.0 Å². The lowest BCUT2D eigenvalue weighted by molar-refractivity contribution is 0.0525. The fraction of sp³-hybridized carbons (Fsp3) is 0.650. The molecule has 2 rings (SSSR count). The SMILES string of the molecule is CC(C)(C)OC(=O)NCCCC(=O)c1cccnc1SC1CCCCC1. The van der Waals surface area contributed by atoms with Crippen molar-refractivity contribution in [3.05, 3.63) is 23.9 Å². The van der Waals surface area contributed by atoms with Crippen LogP contribution in [0.25, 0.3) is 0 Å². The number of nitrogens with one attached hydrogen (secondary N) is 1. The number of hydrogen-bond donors (Lipinski definition) is 1. The molecule has 1 heterocycles. The zero-order valence-corrected chi connectivity index (χ0v) is 16.9. The average Bonchev–Trinajstić information content (AvgIpc) is 2.58. The van der Waals surface area contributed by atoms with Gasteiger partial charge in [0.15, 0.2) is 5.78 Å². The summed E-state index contributed by atoms with van der Waals surface area (Å²) in [4.78, 5) is 28.6. The van der Waals surface area contributed by atoms with Crippen molar-refractivity contribution in [2.45, 2.75) is 81.6 Å². The Kier molecular flexibility index (Phi) is 7.94. The maximum absolute atomic E-state index is 12.6. The number of rotatable bonds is 7. The molecule has 1 amide bonds. The maximum atomic E-state index is 12.6. The molecule has 1 aromatic heterocycles. The molecule has 1 N–H and O–H groups in total. The molecule has 144 valence electrons. The van der Waals surface area contributed by atoms with Crippen LogP contribution in [-0.4, -0.2) is 34.3 Å². The van der Waals surface area contributed by atoms with Gasteiger partial charge in [-0.2, -0.15) is 0 Å². The summed E-state index contributed by atoms with van der Waals surface area (Å²) in [5.74, 6) is 0.0856. The second-order valence-corrected chi connectivity index (χ2v) is 8.98. The molecule has 1 aromatic rings. The molecule has 0 radical (unpaired) electrons. The molecule has 1 aliphatic carbocycles. The molecule has 1 aliphatic rings. The number of ketones is 1. The van der Waals surface area contributed by atoms with Gasteiger partial charge < -0.3 is 10.1 Å². The van der Waals surface area contributed by atoms with E-state index in [-0.39, 0.29) is 5.78 Å². The number of carbonyl (C=O) groups is 2. The van der Waals surface area contributed by atoms with Crippen LogP contribution in [0.1, 0.15) is 76.1 Å². The first kappa shape index (κ1) is 20.7. The highest BCUT2D eigenvalue weighted by Gasteiger charge is 2.20. The van der Waals surface area contributed by atoms with E-state index in [1.165, 1.54) is 32.1 Å². The van der Waals surface area contributed by atoms with Crippen molar-refractivity contribution in [1.82, 2.24) is 10.3 Å². The first-order valence-corrected chi connectivity index (χ1v) is 10.3. The Hall–Kier alpha value is -1.56. The highest BCUT2D eigenvalue weighted by atomic mass is 32.2. The highest BCUT2D eigenvalue weighted by molar-refractivity contribution is 7.99. The first-order chi connectivity index (χ1) is 12.3. The van der Waals surface area contributed by atoms with Crippen LogP contribution in [0.15, 0.2) is 23.4 Å². The van der Waals surface area contributed by atoms with E-state index in [4.69, 9.17) is 4.74 Å². The smallest absolute Gasteiger partial charge is 0.407 e. The lowest BCUT2D eigenvalue weighted by atomic mass is 10.0. The Labute approximate surface area is 160 Å². The highest BCUT2D eigenvalue weighted by Crippen LogP contribution is 2.34. The van der Waals surface area contributed by atoms with Crippen LogP contribution < -0.4 is 5.32 Å². The summed E-state index contributed by atoms with van der Waals surface area (Å²) in [6.45, 7) is 5.89. The molecular formula is C20H30N2O3S. The van der Waals surface area contributed by atoms with Crippen molar-refractivity contribution >= 4 is 23.6 Å².